The number of nitrogen functional groups attached to an aromatic ring is 1. The average molecular weight is 891 g/mol. The number of nitrogens with zero attached hydrogens (tertiary/aromatic N) is 11. The number of rotatable bonds is 17. The van der Waals surface area contributed by atoms with E-state index in [0.29, 0.717) is 77.8 Å². The van der Waals surface area contributed by atoms with E-state index in [4.69, 9.17) is 15.4 Å². The van der Waals surface area contributed by atoms with Crippen LogP contribution in [0.3, 0.4) is 0 Å². The average Bonchev–Trinajstić information content (AvgIpc) is 3.93. The fraction of sp³-hybridized carbons (Fsp3) is 0.543. The maximum absolute atomic E-state index is 15.1. The molecule has 4 N–H and O–H groups in total. The molecule has 65 heavy (non-hydrogen) atoms. The van der Waals surface area contributed by atoms with E-state index in [9.17, 15) is 14.4 Å². The molecule has 4 fully saturated rings. The molecule has 19 heteroatoms. The lowest BCUT2D eigenvalue weighted by Crippen LogP contribution is -2.48. The zero-order valence-electron chi connectivity index (χ0n) is 37.3. The zero-order valence-corrected chi connectivity index (χ0v) is 37.3. The fourth-order valence-corrected chi connectivity index (χ4v) is 9.22. The van der Waals surface area contributed by atoms with Gasteiger partial charge in [-0.2, -0.15) is 10.2 Å². The van der Waals surface area contributed by atoms with Gasteiger partial charge in [0.15, 0.2) is 5.65 Å². The highest BCUT2D eigenvalue weighted by molar-refractivity contribution is 6.02. The Bertz CT molecular complexity index is 2490. The number of imide groups is 1. The van der Waals surface area contributed by atoms with Gasteiger partial charge >= 0.3 is 0 Å². The molecule has 3 amide bonds. The SMILES string of the molecule is CC(C)n1nc(-c2noc(C3CC3)c2-c2ccc(CN3CCN(C(=O)CCCCCCCN4CCN(c5ccc(NC6CCC(=O)NC6=O)cc5F)CC4)CC3)nn2)c2c(N)ncnc21. The third-order valence-electron chi connectivity index (χ3n) is 13.1. The van der Waals surface area contributed by atoms with Gasteiger partial charge in [-0.3, -0.25) is 29.5 Å². The Labute approximate surface area is 377 Å². The summed E-state index contributed by atoms with van der Waals surface area (Å²) >= 11 is 0. The van der Waals surface area contributed by atoms with E-state index in [1.54, 1.807) is 12.1 Å². The summed E-state index contributed by atoms with van der Waals surface area (Å²) in [6.07, 6.45) is 10.0. The van der Waals surface area contributed by atoms with Crippen molar-refractivity contribution in [2.24, 2.45) is 0 Å². The Kier molecular flexibility index (Phi) is 13.3. The van der Waals surface area contributed by atoms with Crippen molar-refractivity contribution in [1.29, 1.82) is 0 Å². The molecule has 344 valence electrons. The molecule has 7 heterocycles. The second-order valence-electron chi connectivity index (χ2n) is 18.1. The van der Waals surface area contributed by atoms with Gasteiger partial charge in [0.05, 0.1) is 28.0 Å². The summed E-state index contributed by atoms with van der Waals surface area (Å²) < 4.78 is 22.9. The topological polar surface area (TPSA) is 210 Å². The quantitative estimate of drug-likeness (QED) is 0.0816. The smallest absolute Gasteiger partial charge is 0.249 e. The molecule has 3 aliphatic heterocycles. The van der Waals surface area contributed by atoms with Gasteiger partial charge in [-0.1, -0.05) is 24.4 Å². The molecule has 0 bridgehead atoms. The number of piperazine rings is 2. The van der Waals surface area contributed by atoms with Crippen molar-refractivity contribution in [2.45, 2.75) is 103 Å². The number of benzene rings is 1. The lowest BCUT2D eigenvalue weighted by atomic mass is 10.0. The molecule has 9 rings (SSSR count). The van der Waals surface area contributed by atoms with E-state index in [2.05, 4.69) is 50.7 Å². The van der Waals surface area contributed by atoms with Crippen molar-refractivity contribution in [3.63, 3.8) is 0 Å². The number of piperidine rings is 1. The number of amides is 3. The summed E-state index contributed by atoms with van der Waals surface area (Å²) in [5.74, 6) is 0.659. The molecular weight excluding hydrogens is 832 g/mol. The lowest BCUT2D eigenvalue weighted by Gasteiger charge is -2.36. The number of nitrogens with one attached hydrogen (secondary N) is 2. The van der Waals surface area contributed by atoms with Gasteiger partial charge in [-0.15, -0.1) is 5.10 Å². The summed E-state index contributed by atoms with van der Waals surface area (Å²) in [7, 11) is 0. The first-order chi connectivity index (χ1) is 31.6. The summed E-state index contributed by atoms with van der Waals surface area (Å²) in [5, 5.41) is 24.7. The molecule has 1 saturated carbocycles. The van der Waals surface area contributed by atoms with Crippen LogP contribution in [0, 0.1) is 5.82 Å². The normalized spacial score (nSPS) is 18.8. The van der Waals surface area contributed by atoms with Crippen LogP contribution in [-0.4, -0.2) is 132 Å². The molecule has 0 spiro atoms. The zero-order chi connectivity index (χ0) is 45.0. The van der Waals surface area contributed by atoms with Gasteiger partial charge in [0.25, 0.3) is 0 Å². The van der Waals surface area contributed by atoms with Crippen LogP contribution in [0.5, 0.6) is 0 Å². The number of fused-ring (bicyclic) bond motifs is 1. The van der Waals surface area contributed by atoms with Crippen LogP contribution < -0.4 is 21.3 Å². The molecule has 4 aromatic heterocycles. The minimum Gasteiger partial charge on any atom is -0.383 e. The number of hydrogen-bond donors (Lipinski definition) is 3. The molecule has 5 aromatic rings. The van der Waals surface area contributed by atoms with Crippen molar-refractivity contribution in [3.8, 4) is 22.6 Å². The third kappa shape index (κ3) is 10.1. The van der Waals surface area contributed by atoms with E-state index in [1.165, 1.54) is 12.4 Å². The van der Waals surface area contributed by atoms with Crippen LogP contribution in [0.25, 0.3) is 33.7 Å². The highest BCUT2D eigenvalue weighted by Crippen LogP contribution is 2.48. The van der Waals surface area contributed by atoms with Gasteiger partial charge in [0.1, 0.15) is 41.2 Å². The van der Waals surface area contributed by atoms with Crippen molar-refractivity contribution in [2.75, 3.05) is 74.9 Å². The molecule has 1 atom stereocenters. The number of halogens is 1. The molecular formula is C46H59FN14O4. The second kappa shape index (κ2) is 19.6. The Hall–Kier alpha value is -6.08. The summed E-state index contributed by atoms with van der Waals surface area (Å²) in [6.45, 7) is 12.0. The Morgan fingerprint density at radius 2 is 1.68 bits per heavy atom. The van der Waals surface area contributed by atoms with Gasteiger partial charge in [-0.05, 0) is 82.8 Å². The van der Waals surface area contributed by atoms with Crippen LogP contribution in [0.4, 0.5) is 21.6 Å². The fourth-order valence-electron chi connectivity index (χ4n) is 9.22. The number of nitrogens with two attached hydrogens (primary N) is 1. The minimum atomic E-state index is -0.546. The van der Waals surface area contributed by atoms with Gasteiger partial charge in [0, 0.05) is 89.4 Å². The van der Waals surface area contributed by atoms with Crippen molar-refractivity contribution < 1.29 is 23.3 Å². The molecule has 1 unspecified atom stereocenters. The number of unbranched alkanes of at least 4 members (excludes halogenated alkanes) is 4. The summed E-state index contributed by atoms with van der Waals surface area (Å²) in [4.78, 5) is 54.2. The first-order valence-corrected chi connectivity index (χ1v) is 23.3. The van der Waals surface area contributed by atoms with Gasteiger partial charge < -0.3 is 25.4 Å². The van der Waals surface area contributed by atoms with Crippen molar-refractivity contribution in [1.82, 2.24) is 55.1 Å². The van der Waals surface area contributed by atoms with E-state index in [-0.39, 0.29) is 41.9 Å². The molecule has 3 saturated heterocycles. The largest absolute Gasteiger partial charge is 0.383 e. The van der Waals surface area contributed by atoms with Crippen LogP contribution in [0.15, 0.2) is 41.2 Å². The number of anilines is 3. The van der Waals surface area contributed by atoms with Crippen LogP contribution in [-0.2, 0) is 20.9 Å². The highest BCUT2D eigenvalue weighted by Gasteiger charge is 2.36. The predicted octanol–water partition coefficient (Wildman–Crippen LogP) is 5.14. The maximum Gasteiger partial charge on any atom is 0.249 e. The van der Waals surface area contributed by atoms with E-state index < -0.39 is 6.04 Å². The second-order valence-corrected chi connectivity index (χ2v) is 18.1. The monoisotopic (exact) mass is 890 g/mol. The number of carbonyl (C=O) groups is 3. The maximum atomic E-state index is 15.1. The first-order valence-electron chi connectivity index (χ1n) is 23.3. The van der Waals surface area contributed by atoms with Crippen molar-refractivity contribution >= 4 is 45.9 Å². The number of aromatic nitrogens is 7. The van der Waals surface area contributed by atoms with Crippen LogP contribution in [0.1, 0.15) is 101 Å². The van der Waals surface area contributed by atoms with Crippen LogP contribution >= 0.6 is 0 Å². The third-order valence-corrected chi connectivity index (χ3v) is 13.1. The Balaban J connectivity index is 0.669. The highest BCUT2D eigenvalue weighted by atomic mass is 19.1. The Morgan fingerprint density at radius 1 is 0.908 bits per heavy atom. The Morgan fingerprint density at radius 3 is 2.40 bits per heavy atom. The standard InChI is InChI=1S/C46H59FN14O4/c1-29(2)61-45-40(44(48)49-28-50-45)41(55-61)42-39(43(65-56-42)30-9-10-30)34-13-11-32(53-54-34)27-58-20-24-60(25-21-58)38(63)8-6-4-3-5-7-17-57-18-22-59(23-19-57)36-15-12-31(26-33(36)47)51-35-14-16-37(62)52-46(35)64/h11-13,15,26,28-30,35,51H,3-10,14,16-25,27H2,1-2H3,(H2,48,49,50)(H,52,62,64). The molecule has 18 nitrogen and oxygen atoms in total. The molecule has 1 aliphatic carbocycles. The first kappa shape index (κ1) is 44.1. The lowest BCUT2D eigenvalue weighted by molar-refractivity contribution is -0.134. The van der Waals surface area contributed by atoms with Crippen LogP contribution in [0.2, 0.25) is 0 Å². The number of hydrogen-bond acceptors (Lipinski definition) is 15. The van der Waals surface area contributed by atoms with Gasteiger partial charge in [-0.25, -0.2) is 19.0 Å². The molecule has 1 aromatic carbocycles. The van der Waals surface area contributed by atoms with E-state index in [1.807, 2.05) is 35.6 Å². The molecule has 0 radical (unpaired) electrons. The minimum absolute atomic E-state index is 0.0433. The summed E-state index contributed by atoms with van der Waals surface area (Å²) in [6, 6.07) is 8.47. The summed E-state index contributed by atoms with van der Waals surface area (Å²) in [5.41, 5.74) is 11.6. The van der Waals surface area contributed by atoms with Gasteiger partial charge in [0.2, 0.25) is 17.7 Å². The van der Waals surface area contributed by atoms with Crippen molar-refractivity contribution in [3.05, 3.63) is 53.9 Å². The predicted molar refractivity (Wildman–Crippen MR) is 243 cm³/mol. The molecule has 4 aliphatic rings. The van der Waals surface area contributed by atoms with E-state index >= 15 is 4.39 Å². The number of carbonyl (C=O) groups excluding carboxylic acids is 3. The van der Waals surface area contributed by atoms with E-state index in [0.717, 1.165) is 108 Å².